The van der Waals surface area contributed by atoms with Crippen molar-refractivity contribution in [1.82, 2.24) is 25.4 Å². The molecule has 1 unspecified atom stereocenters. The number of anilines is 3. The fourth-order valence-electron chi connectivity index (χ4n) is 3.60. The fourth-order valence-corrected chi connectivity index (χ4v) is 4.65. The van der Waals surface area contributed by atoms with Crippen molar-refractivity contribution in [1.29, 1.82) is 0 Å². The van der Waals surface area contributed by atoms with Crippen LogP contribution in [0.4, 0.5) is 17.1 Å². The maximum absolute atomic E-state index is 6.64. The predicted molar refractivity (Wildman–Crippen MR) is 106 cm³/mol. The zero-order valence-corrected chi connectivity index (χ0v) is 15.5. The highest BCUT2D eigenvalue weighted by Crippen LogP contribution is 2.39. The molecule has 1 aliphatic heterocycles. The van der Waals surface area contributed by atoms with E-state index in [9.17, 15) is 0 Å². The first-order chi connectivity index (χ1) is 13.2. The van der Waals surface area contributed by atoms with Crippen LogP contribution in [0.1, 0.15) is 47.3 Å². The van der Waals surface area contributed by atoms with E-state index in [1.807, 2.05) is 18.2 Å². The number of hydrogen-bond acceptors (Lipinski definition) is 8. The predicted octanol–water partition coefficient (Wildman–Crippen LogP) is 3.31. The second-order valence-corrected chi connectivity index (χ2v) is 8.03. The Morgan fingerprint density at radius 1 is 1.19 bits per heavy atom. The Kier molecular flexibility index (Phi) is 3.91. The summed E-state index contributed by atoms with van der Waals surface area (Å²) in [5.74, 6) is 0.534. The smallest absolute Gasteiger partial charge is 0.161 e. The van der Waals surface area contributed by atoms with Crippen LogP contribution in [0, 0.1) is 0 Å². The molecule has 2 aliphatic rings. The van der Waals surface area contributed by atoms with Crippen molar-refractivity contribution in [2.75, 3.05) is 10.6 Å². The SMILES string of the molecule is NC1(c2nnc(C3CCCC3)s2)C=Cc2ncc(Nc3cn[nH]c3)cc2N1. The summed E-state index contributed by atoms with van der Waals surface area (Å²) in [5, 5.41) is 24.0. The van der Waals surface area contributed by atoms with E-state index in [1.165, 1.54) is 25.7 Å². The Bertz CT molecular complexity index is 973. The first-order valence-corrected chi connectivity index (χ1v) is 9.87. The minimum atomic E-state index is -0.878. The van der Waals surface area contributed by atoms with Gasteiger partial charge in [-0.1, -0.05) is 24.2 Å². The van der Waals surface area contributed by atoms with Gasteiger partial charge in [-0.25, -0.2) is 0 Å². The molecule has 1 aliphatic carbocycles. The molecule has 0 bridgehead atoms. The van der Waals surface area contributed by atoms with Crippen LogP contribution in [0.5, 0.6) is 0 Å². The lowest BCUT2D eigenvalue weighted by atomic mass is 10.1. The molecular formula is C18H20N8S. The number of fused-ring (bicyclic) bond motifs is 1. The average Bonchev–Trinajstić information content (AvgIpc) is 3.42. The quantitative estimate of drug-likeness (QED) is 0.548. The molecule has 0 spiro atoms. The molecule has 1 saturated carbocycles. The second kappa shape index (κ2) is 6.43. The van der Waals surface area contributed by atoms with Crippen LogP contribution in [0.3, 0.4) is 0 Å². The van der Waals surface area contributed by atoms with Crippen molar-refractivity contribution in [3.05, 3.63) is 46.4 Å². The lowest BCUT2D eigenvalue weighted by Crippen LogP contribution is -2.44. The Morgan fingerprint density at radius 2 is 2.07 bits per heavy atom. The molecule has 5 N–H and O–H groups in total. The van der Waals surface area contributed by atoms with E-state index >= 15 is 0 Å². The number of rotatable bonds is 4. The van der Waals surface area contributed by atoms with Crippen LogP contribution in [0.2, 0.25) is 0 Å². The van der Waals surface area contributed by atoms with Gasteiger partial charge in [-0.15, -0.1) is 10.2 Å². The number of nitrogens with zero attached hydrogens (tertiary/aromatic N) is 4. The van der Waals surface area contributed by atoms with Crippen molar-refractivity contribution in [3.8, 4) is 0 Å². The number of pyridine rings is 1. The Balaban J connectivity index is 1.40. The number of nitrogens with two attached hydrogens (primary N) is 1. The largest absolute Gasteiger partial charge is 0.357 e. The molecule has 0 radical (unpaired) electrons. The van der Waals surface area contributed by atoms with E-state index in [1.54, 1.807) is 29.9 Å². The maximum atomic E-state index is 6.64. The van der Waals surface area contributed by atoms with Gasteiger partial charge in [0, 0.05) is 12.1 Å². The molecule has 27 heavy (non-hydrogen) atoms. The van der Waals surface area contributed by atoms with E-state index in [0.29, 0.717) is 5.92 Å². The molecule has 9 heteroatoms. The molecule has 5 rings (SSSR count). The van der Waals surface area contributed by atoms with Crippen LogP contribution < -0.4 is 16.4 Å². The molecule has 0 aromatic carbocycles. The lowest BCUT2D eigenvalue weighted by molar-refractivity contribution is 0.628. The third-order valence-electron chi connectivity index (χ3n) is 5.05. The Hall–Kier alpha value is -2.78. The van der Waals surface area contributed by atoms with Crippen molar-refractivity contribution in [2.45, 2.75) is 37.3 Å². The van der Waals surface area contributed by atoms with E-state index in [4.69, 9.17) is 5.73 Å². The van der Waals surface area contributed by atoms with Gasteiger partial charge < -0.3 is 10.6 Å². The molecule has 138 valence electrons. The summed E-state index contributed by atoms with van der Waals surface area (Å²) in [6, 6.07) is 1.99. The standard InChI is InChI=1S/C18H20N8S/c19-18(17-26-25-16(27-17)11-3-1-2-4-11)6-5-14-15(24-18)7-12(8-20-14)23-13-9-21-22-10-13/h5-11,23-24H,1-4,19H2,(H,21,22). The summed E-state index contributed by atoms with van der Waals surface area (Å²) >= 11 is 1.61. The molecule has 0 amide bonds. The van der Waals surface area contributed by atoms with E-state index in [-0.39, 0.29) is 0 Å². The van der Waals surface area contributed by atoms with Crippen LogP contribution in [-0.2, 0) is 5.66 Å². The summed E-state index contributed by atoms with van der Waals surface area (Å²) in [5.41, 5.74) is 9.18. The Labute approximate surface area is 160 Å². The van der Waals surface area contributed by atoms with Crippen LogP contribution >= 0.6 is 11.3 Å². The minimum Gasteiger partial charge on any atom is -0.357 e. The molecule has 1 fully saturated rings. The van der Waals surface area contributed by atoms with E-state index in [2.05, 4.69) is 36.0 Å². The third kappa shape index (κ3) is 3.08. The Morgan fingerprint density at radius 3 is 2.89 bits per heavy atom. The summed E-state index contributed by atoms with van der Waals surface area (Å²) in [6.07, 6.45) is 14.1. The zero-order valence-electron chi connectivity index (χ0n) is 14.6. The zero-order chi connectivity index (χ0) is 18.3. The number of nitrogens with one attached hydrogen (secondary N) is 3. The molecule has 4 heterocycles. The van der Waals surface area contributed by atoms with Gasteiger partial charge in [0.2, 0.25) is 0 Å². The lowest BCUT2D eigenvalue weighted by Gasteiger charge is -2.30. The van der Waals surface area contributed by atoms with Crippen LogP contribution in [0.15, 0.2) is 30.7 Å². The number of aromatic amines is 1. The first kappa shape index (κ1) is 16.4. The van der Waals surface area contributed by atoms with Gasteiger partial charge in [-0.2, -0.15) is 5.10 Å². The molecular weight excluding hydrogens is 360 g/mol. The fraction of sp³-hybridized carbons (Fsp3) is 0.333. The van der Waals surface area contributed by atoms with Crippen molar-refractivity contribution >= 4 is 34.5 Å². The van der Waals surface area contributed by atoms with E-state index < -0.39 is 5.66 Å². The summed E-state index contributed by atoms with van der Waals surface area (Å²) in [6.45, 7) is 0. The second-order valence-electron chi connectivity index (χ2n) is 7.02. The van der Waals surface area contributed by atoms with Gasteiger partial charge in [0.15, 0.2) is 10.7 Å². The first-order valence-electron chi connectivity index (χ1n) is 9.06. The molecule has 3 aromatic heterocycles. The summed E-state index contributed by atoms with van der Waals surface area (Å²) < 4.78 is 0. The van der Waals surface area contributed by atoms with Crippen LogP contribution in [0.25, 0.3) is 6.08 Å². The van der Waals surface area contributed by atoms with Gasteiger partial charge in [-0.3, -0.25) is 15.8 Å². The maximum Gasteiger partial charge on any atom is 0.161 e. The van der Waals surface area contributed by atoms with E-state index in [0.717, 1.165) is 32.8 Å². The van der Waals surface area contributed by atoms with Gasteiger partial charge in [0.25, 0.3) is 0 Å². The van der Waals surface area contributed by atoms with Crippen molar-refractivity contribution in [2.24, 2.45) is 5.73 Å². The summed E-state index contributed by atoms with van der Waals surface area (Å²) in [7, 11) is 0. The van der Waals surface area contributed by atoms with Gasteiger partial charge >= 0.3 is 0 Å². The number of aromatic nitrogens is 5. The normalized spacial score (nSPS) is 21.8. The van der Waals surface area contributed by atoms with Gasteiger partial charge in [-0.05, 0) is 31.1 Å². The molecule has 0 saturated heterocycles. The van der Waals surface area contributed by atoms with Gasteiger partial charge in [0.05, 0.1) is 35.1 Å². The summed E-state index contributed by atoms with van der Waals surface area (Å²) in [4.78, 5) is 4.50. The molecule has 1 atom stereocenters. The highest BCUT2D eigenvalue weighted by atomic mass is 32.1. The van der Waals surface area contributed by atoms with Gasteiger partial charge in [0.1, 0.15) is 5.01 Å². The van der Waals surface area contributed by atoms with Crippen molar-refractivity contribution < 1.29 is 0 Å². The molecule has 8 nitrogen and oxygen atoms in total. The minimum absolute atomic E-state index is 0.534. The highest BCUT2D eigenvalue weighted by Gasteiger charge is 2.33. The number of H-pyrrole nitrogens is 1. The monoisotopic (exact) mass is 380 g/mol. The topological polar surface area (TPSA) is 117 Å². The molecule has 3 aromatic rings. The van der Waals surface area contributed by atoms with Crippen LogP contribution in [-0.4, -0.2) is 25.4 Å². The highest BCUT2D eigenvalue weighted by molar-refractivity contribution is 7.11. The van der Waals surface area contributed by atoms with Crippen molar-refractivity contribution in [3.63, 3.8) is 0 Å². The average molecular weight is 380 g/mol. The third-order valence-corrected chi connectivity index (χ3v) is 6.29. The number of hydrogen-bond donors (Lipinski definition) is 4.